The van der Waals surface area contributed by atoms with E-state index in [4.69, 9.17) is 0 Å². The molecule has 0 aromatic heterocycles. The van der Waals surface area contributed by atoms with Crippen LogP contribution in [-0.2, 0) is 6.54 Å². The molecule has 160 valence electrons. The van der Waals surface area contributed by atoms with Crippen LogP contribution in [-0.4, -0.2) is 27.0 Å². The summed E-state index contributed by atoms with van der Waals surface area (Å²) in [7, 11) is 0. The van der Waals surface area contributed by atoms with E-state index in [1.807, 2.05) is 24.3 Å². The number of rotatable bonds is 4. The van der Waals surface area contributed by atoms with Crippen LogP contribution in [0.2, 0.25) is 0 Å². The second-order valence-corrected chi connectivity index (χ2v) is 8.82. The second-order valence-electron chi connectivity index (χ2n) is 7.73. The molecule has 0 N–H and O–H groups in total. The molecule has 0 saturated carbocycles. The summed E-state index contributed by atoms with van der Waals surface area (Å²) in [5.74, 6) is 0.955. The molecule has 1 aliphatic heterocycles. The topological polar surface area (TPSA) is 89.5 Å². The fourth-order valence-corrected chi connectivity index (χ4v) is 5.60. The summed E-state index contributed by atoms with van der Waals surface area (Å²) < 4.78 is 0. The van der Waals surface area contributed by atoms with Gasteiger partial charge in [-0.15, -0.1) is 11.8 Å². The molecule has 8 heteroatoms. The number of nitro groups is 2. The maximum Gasteiger partial charge on any atom is 0.277 e. The summed E-state index contributed by atoms with van der Waals surface area (Å²) in [5, 5.41) is 24.3. The Kier molecular flexibility index (Phi) is 5.14. The minimum atomic E-state index is -0.461. The van der Waals surface area contributed by atoms with Crippen LogP contribution in [0.3, 0.4) is 0 Å². The standard InChI is InChI=1S/C24H19N3O4S/c28-26(29)17-10-11-18-20(14-17)22-19(8-4-9-21(22)27(30)31)23(18)24-25(12-5-13-32-24)15-16-6-2-1-3-7-16/h1-4,6-11,14H,5,12-13,15H2/b24-23+. The van der Waals surface area contributed by atoms with Gasteiger partial charge in [0.25, 0.3) is 11.4 Å². The third-order valence-electron chi connectivity index (χ3n) is 5.79. The summed E-state index contributed by atoms with van der Waals surface area (Å²) in [4.78, 5) is 24.7. The van der Waals surface area contributed by atoms with Gasteiger partial charge in [0, 0.05) is 48.2 Å². The maximum absolute atomic E-state index is 11.8. The predicted octanol–water partition coefficient (Wildman–Crippen LogP) is 5.84. The molecule has 5 rings (SSSR count). The summed E-state index contributed by atoms with van der Waals surface area (Å²) in [6, 6.07) is 19.9. The molecule has 1 saturated heterocycles. The van der Waals surface area contributed by atoms with E-state index in [9.17, 15) is 20.2 Å². The first kappa shape index (κ1) is 20.3. The predicted molar refractivity (Wildman–Crippen MR) is 125 cm³/mol. The molecule has 32 heavy (non-hydrogen) atoms. The van der Waals surface area contributed by atoms with Gasteiger partial charge in [-0.3, -0.25) is 20.2 Å². The van der Waals surface area contributed by atoms with E-state index < -0.39 is 9.85 Å². The highest BCUT2D eigenvalue weighted by Crippen LogP contribution is 2.52. The molecule has 3 aromatic rings. The zero-order valence-electron chi connectivity index (χ0n) is 17.1. The van der Waals surface area contributed by atoms with Crippen molar-refractivity contribution in [3.8, 4) is 11.1 Å². The highest BCUT2D eigenvalue weighted by molar-refractivity contribution is 8.03. The van der Waals surface area contributed by atoms with E-state index in [1.165, 1.54) is 23.8 Å². The van der Waals surface area contributed by atoms with Gasteiger partial charge in [-0.05, 0) is 29.2 Å². The van der Waals surface area contributed by atoms with Gasteiger partial charge in [-0.25, -0.2) is 0 Å². The van der Waals surface area contributed by atoms with Gasteiger partial charge in [0.2, 0.25) is 0 Å². The van der Waals surface area contributed by atoms with Crippen molar-refractivity contribution >= 4 is 28.7 Å². The minimum Gasteiger partial charge on any atom is -0.361 e. The van der Waals surface area contributed by atoms with Crippen LogP contribution in [0, 0.1) is 20.2 Å². The largest absolute Gasteiger partial charge is 0.361 e. The molecule has 3 aromatic carbocycles. The molecular weight excluding hydrogens is 426 g/mol. The number of nitro benzene ring substituents is 2. The van der Waals surface area contributed by atoms with Crippen LogP contribution in [0.15, 0.2) is 71.8 Å². The third-order valence-corrected chi connectivity index (χ3v) is 7.02. The first-order valence-electron chi connectivity index (χ1n) is 10.3. The van der Waals surface area contributed by atoms with Gasteiger partial charge >= 0.3 is 0 Å². The van der Waals surface area contributed by atoms with Crippen LogP contribution >= 0.6 is 11.8 Å². The first-order chi connectivity index (χ1) is 15.5. The number of hydrogen-bond donors (Lipinski definition) is 0. The molecule has 7 nitrogen and oxygen atoms in total. The molecule has 0 unspecified atom stereocenters. The van der Waals surface area contributed by atoms with E-state index in [2.05, 4.69) is 17.0 Å². The van der Waals surface area contributed by atoms with Crippen molar-refractivity contribution in [1.29, 1.82) is 0 Å². The molecule has 0 amide bonds. The highest BCUT2D eigenvalue weighted by Gasteiger charge is 2.35. The fraction of sp³-hybridized carbons (Fsp3) is 0.167. The summed E-state index contributed by atoms with van der Waals surface area (Å²) in [5.41, 5.74) is 4.59. The van der Waals surface area contributed by atoms with E-state index in [1.54, 1.807) is 23.9 Å². The Morgan fingerprint density at radius 2 is 1.69 bits per heavy atom. The first-order valence-corrected chi connectivity index (χ1v) is 11.3. The van der Waals surface area contributed by atoms with Gasteiger partial charge < -0.3 is 4.90 Å². The van der Waals surface area contributed by atoms with Crippen molar-refractivity contribution in [2.45, 2.75) is 13.0 Å². The normalized spacial score (nSPS) is 17.1. The van der Waals surface area contributed by atoms with E-state index in [-0.39, 0.29) is 11.4 Å². The van der Waals surface area contributed by atoms with Crippen molar-refractivity contribution in [2.75, 3.05) is 12.3 Å². The zero-order chi connectivity index (χ0) is 22.2. The lowest BCUT2D eigenvalue weighted by Crippen LogP contribution is -2.27. The van der Waals surface area contributed by atoms with Gasteiger partial charge in [0.1, 0.15) is 0 Å². The summed E-state index contributed by atoms with van der Waals surface area (Å²) in [6.07, 6.45) is 1.04. The average Bonchev–Trinajstić information content (AvgIpc) is 3.13. The quantitative estimate of drug-likeness (QED) is 0.290. The van der Waals surface area contributed by atoms with Crippen LogP contribution in [0.1, 0.15) is 23.1 Å². The number of fused-ring (bicyclic) bond motifs is 3. The molecule has 0 radical (unpaired) electrons. The molecule has 1 fully saturated rings. The number of non-ortho nitro benzene ring substituents is 1. The van der Waals surface area contributed by atoms with Gasteiger partial charge in [-0.1, -0.05) is 42.5 Å². The van der Waals surface area contributed by atoms with E-state index in [0.717, 1.165) is 47.0 Å². The van der Waals surface area contributed by atoms with Gasteiger partial charge in [-0.2, -0.15) is 0 Å². The van der Waals surface area contributed by atoms with Crippen LogP contribution in [0.5, 0.6) is 0 Å². The lowest BCUT2D eigenvalue weighted by molar-refractivity contribution is -0.385. The Morgan fingerprint density at radius 3 is 2.44 bits per heavy atom. The lowest BCUT2D eigenvalue weighted by Gasteiger charge is -2.33. The number of thioether (sulfide) groups is 1. The maximum atomic E-state index is 11.8. The Balaban J connectivity index is 1.74. The highest BCUT2D eigenvalue weighted by atomic mass is 32.2. The Hall–Kier alpha value is -3.65. The second kappa shape index (κ2) is 8.12. The summed E-state index contributed by atoms with van der Waals surface area (Å²) in [6.45, 7) is 1.62. The SMILES string of the molecule is O=[N+]([O-])c1ccc2c(c1)-c1c(cccc1[N+](=O)[O-])/C2=C1/SCCCN1Cc1ccccc1. The van der Waals surface area contributed by atoms with Gasteiger partial charge in [0.15, 0.2) is 0 Å². The smallest absolute Gasteiger partial charge is 0.277 e. The fourth-order valence-electron chi connectivity index (χ4n) is 4.43. The van der Waals surface area contributed by atoms with Gasteiger partial charge in [0.05, 0.1) is 20.4 Å². The monoisotopic (exact) mass is 445 g/mol. The average molecular weight is 446 g/mol. The van der Waals surface area contributed by atoms with E-state index in [0.29, 0.717) is 11.1 Å². The Morgan fingerprint density at radius 1 is 0.875 bits per heavy atom. The van der Waals surface area contributed by atoms with Crippen LogP contribution in [0.25, 0.3) is 16.7 Å². The lowest BCUT2D eigenvalue weighted by atomic mass is 10.0. The zero-order valence-corrected chi connectivity index (χ0v) is 17.9. The molecular formula is C24H19N3O4S. The van der Waals surface area contributed by atoms with Crippen molar-refractivity contribution in [3.05, 3.63) is 109 Å². The summed E-state index contributed by atoms with van der Waals surface area (Å²) >= 11 is 1.74. The molecule has 0 spiro atoms. The molecule has 1 aliphatic carbocycles. The van der Waals surface area contributed by atoms with Crippen LogP contribution < -0.4 is 0 Å². The third kappa shape index (κ3) is 3.42. The molecule has 2 aliphatic rings. The minimum absolute atomic E-state index is 0.0322. The van der Waals surface area contributed by atoms with Crippen molar-refractivity contribution in [2.24, 2.45) is 0 Å². The van der Waals surface area contributed by atoms with Crippen molar-refractivity contribution in [1.82, 2.24) is 4.90 Å². The number of nitrogens with zero attached hydrogens (tertiary/aromatic N) is 3. The molecule has 0 bridgehead atoms. The Bertz CT molecular complexity index is 1270. The molecule has 0 atom stereocenters. The van der Waals surface area contributed by atoms with Crippen LogP contribution in [0.4, 0.5) is 11.4 Å². The van der Waals surface area contributed by atoms with Crippen molar-refractivity contribution in [3.63, 3.8) is 0 Å². The Labute approximate surface area is 188 Å². The number of hydrogen-bond acceptors (Lipinski definition) is 6. The van der Waals surface area contributed by atoms with E-state index >= 15 is 0 Å². The number of benzene rings is 3. The van der Waals surface area contributed by atoms with Crippen molar-refractivity contribution < 1.29 is 9.85 Å². The molecule has 1 heterocycles.